The molecule has 0 spiro atoms. The van der Waals surface area contributed by atoms with Crippen LogP contribution in [0.15, 0.2) is 72.9 Å². The van der Waals surface area contributed by atoms with Crippen molar-refractivity contribution in [3.05, 3.63) is 72.9 Å². The highest BCUT2D eigenvalue weighted by Gasteiger charge is 2.50. The molecule has 12 nitrogen and oxygen atoms in total. The largest absolute Gasteiger partial charge is 0.479 e. The normalized spacial score (nSPS) is 18.2. The number of carboxylic acids is 1. The summed E-state index contributed by atoms with van der Waals surface area (Å²) in [4.78, 5) is 51.4. The highest BCUT2D eigenvalue weighted by atomic mass is 16.7. The zero-order valence-electron chi connectivity index (χ0n) is 51.5. The van der Waals surface area contributed by atoms with E-state index in [4.69, 9.17) is 23.7 Å². The van der Waals surface area contributed by atoms with Crippen LogP contribution in [0.2, 0.25) is 0 Å². The molecule has 0 aromatic carbocycles. The number of allylic oxidation sites excluding steroid dienone is 12. The average Bonchev–Trinajstić information content (AvgIpc) is 3.53. The van der Waals surface area contributed by atoms with Gasteiger partial charge < -0.3 is 39.0 Å². The first-order valence-electron chi connectivity index (χ1n) is 32.9. The number of aliphatic hydroxyl groups is 2. The molecular formula is C69H118O12. The molecule has 0 aliphatic carbocycles. The first kappa shape index (κ1) is 75.2. The zero-order valence-corrected chi connectivity index (χ0v) is 51.5. The average molecular weight is 1140 g/mol. The quantitative estimate of drug-likeness (QED) is 0.0228. The van der Waals surface area contributed by atoms with E-state index in [1.807, 2.05) is 0 Å². The minimum absolute atomic E-state index is 0.0469. The molecule has 1 fully saturated rings. The number of hydrogen-bond acceptors (Lipinski definition) is 11. The maximum absolute atomic E-state index is 13.2. The lowest BCUT2D eigenvalue weighted by Gasteiger charge is -2.40. The van der Waals surface area contributed by atoms with Crippen molar-refractivity contribution >= 4 is 23.9 Å². The molecule has 0 saturated carbocycles. The van der Waals surface area contributed by atoms with Gasteiger partial charge in [-0.05, 0) is 109 Å². The van der Waals surface area contributed by atoms with Crippen molar-refractivity contribution in [2.45, 2.75) is 327 Å². The van der Waals surface area contributed by atoms with Gasteiger partial charge in [0.1, 0.15) is 18.8 Å². The molecule has 81 heavy (non-hydrogen) atoms. The molecule has 12 heteroatoms. The van der Waals surface area contributed by atoms with Crippen LogP contribution in [0.3, 0.4) is 0 Å². The van der Waals surface area contributed by atoms with Gasteiger partial charge in [-0.2, -0.15) is 0 Å². The molecule has 6 unspecified atom stereocenters. The van der Waals surface area contributed by atoms with Crippen molar-refractivity contribution in [2.75, 3.05) is 13.2 Å². The van der Waals surface area contributed by atoms with Gasteiger partial charge in [0.2, 0.25) is 0 Å². The summed E-state index contributed by atoms with van der Waals surface area (Å²) in [5.74, 6) is -3.13. The highest BCUT2D eigenvalue weighted by molar-refractivity contribution is 5.74. The molecule has 0 aromatic rings. The van der Waals surface area contributed by atoms with Crippen LogP contribution in [0.25, 0.3) is 0 Å². The number of carbonyl (C=O) groups excluding carboxylic acids is 3. The van der Waals surface area contributed by atoms with Crippen LogP contribution >= 0.6 is 0 Å². The van der Waals surface area contributed by atoms with Crippen LogP contribution < -0.4 is 0 Å². The van der Waals surface area contributed by atoms with E-state index >= 15 is 0 Å². The molecule has 6 atom stereocenters. The van der Waals surface area contributed by atoms with Crippen LogP contribution in [0, 0.1) is 0 Å². The second-order valence-electron chi connectivity index (χ2n) is 22.4. The minimum Gasteiger partial charge on any atom is -0.479 e. The molecule has 1 rings (SSSR count). The van der Waals surface area contributed by atoms with E-state index in [2.05, 4.69) is 93.7 Å². The predicted octanol–water partition coefficient (Wildman–Crippen LogP) is 17.7. The minimum atomic E-state index is -1.91. The highest BCUT2D eigenvalue weighted by Crippen LogP contribution is 2.27. The number of unbranched alkanes of at least 4 members (excludes halogenated alkanes) is 30. The lowest BCUT2D eigenvalue weighted by Crippen LogP contribution is -2.61. The molecule has 0 bridgehead atoms. The van der Waals surface area contributed by atoms with Gasteiger partial charge in [-0.25, -0.2) is 4.79 Å². The van der Waals surface area contributed by atoms with Gasteiger partial charge in [-0.1, -0.05) is 235 Å². The van der Waals surface area contributed by atoms with Gasteiger partial charge in [0.25, 0.3) is 0 Å². The summed E-state index contributed by atoms with van der Waals surface area (Å²) in [7, 11) is 0. The van der Waals surface area contributed by atoms with Crippen molar-refractivity contribution in [1.82, 2.24) is 0 Å². The van der Waals surface area contributed by atoms with E-state index in [0.29, 0.717) is 19.3 Å². The first-order valence-corrected chi connectivity index (χ1v) is 32.9. The second kappa shape index (κ2) is 56.6. The SMILES string of the molecule is CC/C=C\C/C=C\C/C=C\CCCCCCCCCC(=O)OC1C(OCC(COC(=O)CCCCCCCCC/C=C\C/C=C\CCCCC)OC(=O)CCCCCCCCC/C=C\CCCCCCCC)OC(C(=O)O)C(O)C1O. The third kappa shape index (κ3) is 46.3. The third-order valence-electron chi connectivity index (χ3n) is 14.7. The molecule has 0 radical (unpaired) electrons. The summed E-state index contributed by atoms with van der Waals surface area (Å²) in [5.41, 5.74) is 0. The van der Waals surface area contributed by atoms with Gasteiger partial charge >= 0.3 is 23.9 Å². The van der Waals surface area contributed by atoms with Gasteiger partial charge in [0.05, 0.1) is 6.61 Å². The Morgan fingerprint density at radius 3 is 1.22 bits per heavy atom. The second-order valence-corrected chi connectivity index (χ2v) is 22.4. The fourth-order valence-electron chi connectivity index (χ4n) is 9.70. The Hall–Kier alpha value is -3.84. The van der Waals surface area contributed by atoms with E-state index in [1.54, 1.807) is 0 Å². The number of aliphatic hydroxyl groups excluding tert-OH is 2. The maximum Gasteiger partial charge on any atom is 0.335 e. The Kier molecular flexibility index (Phi) is 52.6. The monoisotopic (exact) mass is 1140 g/mol. The Balaban J connectivity index is 2.67. The van der Waals surface area contributed by atoms with E-state index in [1.165, 1.54) is 96.3 Å². The Bertz CT molecular complexity index is 1680. The smallest absolute Gasteiger partial charge is 0.335 e. The molecule has 1 heterocycles. The van der Waals surface area contributed by atoms with Crippen LogP contribution in [0.4, 0.5) is 0 Å². The standard InChI is InChI=1S/C69H118O12/c1-4-7-10-13-16-19-22-25-28-31-34-37-40-43-46-49-52-55-61(70)77-58-60(79-62(71)56-53-50-47-44-41-38-35-32-29-26-23-20-17-14-11-8-5-2)59-78-69-67(65(74)64(73)66(81-69)68(75)76)80-63(72)57-54-51-48-45-42-39-36-33-30-27-24-21-18-15-12-9-6-3/h9,12,16,18-19,21,25-30,60,64-67,69,73-74H,4-8,10-11,13-15,17,20,22-24,31-59H2,1-3H3,(H,75,76)/b12-9-,19-16-,21-18-,28-25-,29-26-,30-27-. The van der Waals surface area contributed by atoms with Gasteiger partial charge in [-0.15, -0.1) is 0 Å². The summed E-state index contributed by atoms with van der Waals surface area (Å²) in [6.45, 7) is 5.87. The fraction of sp³-hybridized carbons (Fsp3) is 0.768. The number of aliphatic carboxylic acids is 1. The number of carbonyl (C=O) groups is 4. The van der Waals surface area contributed by atoms with E-state index in [0.717, 1.165) is 135 Å². The molecule has 466 valence electrons. The van der Waals surface area contributed by atoms with E-state index < -0.39 is 67.3 Å². The molecule has 3 N–H and O–H groups in total. The lowest BCUT2D eigenvalue weighted by atomic mass is 9.98. The first-order chi connectivity index (χ1) is 39.6. The topological polar surface area (TPSA) is 175 Å². The number of carboxylic acid groups (broad SMARTS) is 1. The number of ether oxygens (including phenoxy) is 5. The van der Waals surface area contributed by atoms with Gasteiger partial charge in [0, 0.05) is 19.3 Å². The zero-order chi connectivity index (χ0) is 58.9. The molecule has 1 saturated heterocycles. The van der Waals surface area contributed by atoms with Gasteiger partial charge in [0.15, 0.2) is 24.6 Å². The third-order valence-corrected chi connectivity index (χ3v) is 14.7. The molecule has 1 aliphatic rings. The van der Waals surface area contributed by atoms with Crippen LogP contribution in [-0.4, -0.2) is 89.2 Å². The summed E-state index contributed by atoms with van der Waals surface area (Å²) in [6, 6.07) is 0. The number of rotatable bonds is 56. The Labute approximate surface area is 493 Å². The lowest BCUT2D eigenvalue weighted by molar-refractivity contribution is -0.301. The maximum atomic E-state index is 13.2. The molecular weight excluding hydrogens is 1020 g/mol. The summed E-state index contributed by atoms with van der Waals surface area (Å²) < 4.78 is 28.5. The van der Waals surface area contributed by atoms with E-state index in [-0.39, 0.29) is 25.9 Å². The summed E-state index contributed by atoms with van der Waals surface area (Å²) >= 11 is 0. The van der Waals surface area contributed by atoms with Crippen LogP contribution in [0.1, 0.15) is 290 Å². The van der Waals surface area contributed by atoms with Crippen molar-refractivity contribution < 1.29 is 58.2 Å². The summed E-state index contributed by atoms with van der Waals surface area (Å²) in [5, 5.41) is 31.6. The Morgan fingerprint density at radius 1 is 0.420 bits per heavy atom. The molecule has 0 aromatic heterocycles. The predicted molar refractivity (Wildman–Crippen MR) is 331 cm³/mol. The number of esters is 3. The summed E-state index contributed by atoms with van der Waals surface area (Å²) in [6.07, 6.45) is 59.9. The number of hydrogen-bond donors (Lipinski definition) is 3. The van der Waals surface area contributed by atoms with Crippen molar-refractivity contribution in [3.63, 3.8) is 0 Å². The van der Waals surface area contributed by atoms with E-state index in [9.17, 15) is 34.5 Å². The molecule has 0 amide bonds. The van der Waals surface area contributed by atoms with Gasteiger partial charge in [-0.3, -0.25) is 14.4 Å². The van der Waals surface area contributed by atoms with Crippen molar-refractivity contribution in [1.29, 1.82) is 0 Å². The van der Waals surface area contributed by atoms with Crippen LogP contribution in [-0.2, 0) is 42.9 Å². The van der Waals surface area contributed by atoms with Crippen molar-refractivity contribution in [2.24, 2.45) is 0 Å². The fourth-order valence-corrected chi connectivity index (χ4v) is 9.70. The molecule has 1 aliphatic heterocycles. The van der Waals surface area contributed by atoms with Crippen LogP contribution in [0.5, 0.6) is 0 Å². The Morgan fingerprint density at radius 2 is 0.778 bits per heavy atom. The van der Waals surface area contributed by atoms with Crippen molar-refractivity contribution in [3.8, 4) is 0 Å².